The third-order valence-corrected chi connectivity index (χ3v) is 3.50. The highest BCUT2D eigenvalue weighted by Gasteiger charge is 2.22. The second-order valence-electron chi connectivity index (χ2n) is 5.58. The second-order valence-corrected chi connectivity index (χ2v) is 5.58. The van der Waals surface area contributed by atoms with Gasteiger partial charge in [0, 0.05) is 0 Å². The summed E-state index contributed by atoms with van der Waals surface area (Å²) in [5.41, 5.74) is 2.46. The fourth-order valence-electron chi connectivity index (χ4n) is 2.38. The molecule has 24 heavy (non-hydrogen) atoms. The van der Waals surface area contributed by atoms with Gasteiger partial charge in [-0.15, -0.1) is 0 Å². The Labute approximate surface area is 139 Å². The van der Waals surface area contributed by atoms with Crippen molar-refractivity contribution in [3.05, 3.63) is 60.2 Å². The largest absolute Gasteiger partial charge is 0.444 e. The summed E-state index contributed by atoms with van der Waals surface area (Å²) in [4.78, 5) is 21.3. The number of aliphatic hydroxyl groups excluding tert-OH is 1. The normalized spacial score (nSPS) is 12.1. The van der Waals surface area contributed by atoms with Crippen LogP contribution in [0.5, 0.6) is 0 Å². The van der Waals surface area contributed by atoms with Crippen LogP contribution in [0.15, 0.2) is 54.6 Å². The van der Waals surface area contributed by atoms with E-state index in [9.17, 15) is 9.90 Å². The smallest absolute Gasteiger partial charge is 0.417 e. The molecule has 6 heteroatoms. The van der Waals surface area contributed by atoms with Crippen molar-refractivity contribution < 1.29 is 14.6 Å². The molecular weight excluding hydrogens is 306 g/mol. The van der Waals surface area contributed by atoms with Gasteiger partial charge in [-0.3, -0.25) is 0 Å². The van der Waals surface area contributed by atoms with Gasteiger partial charge < -0.3 is 14.8 Å². The SMILES string of the molecule is CC(O)CN(C(=O)OCc1ccccc1)c1nc2ccccc2[nH]1. The van der Waals surface area contributed by atoms with E-state index in [0.29, 0.717) is 5.95 Å². The predicted octanol–water partition coefficient (Wildman–Crippen LogP) is 3.09. The number of rotatable bonds is 5. The van der Waals surface area contributed by atoms with Gasteiger partial charge in [0.25, 0.3) is 0 Å². The quantitative estimate of drug-likeness (QED) is 0.755. The lowest BCUT2D eigenvalue weighted by Gasteiger charge is -2.20. The van der Waals surface area contributed by atoms with Gasteiger partial charge in [0.15, 0.2) is 0 Å². The fourth-order valence-corrected chi connectivity index (χ4v) is 2.38. The van der Waals surface area contributed by atoms with Gasteiger partial charge in [-0.25, -0.2) is 14.7 Å². The molecule has 1 atom stereocenters. The molecule has 1 unspecified atom stereocenters. The van der Waals surface area contributed by atoms with Crippen LogP contribution < -0.4 is 4.90 Å². The lowest BCUT2D eigenvalue weighted by Crippen LogP contribution is -2.37. The molecule has 1 aromatic heterocycles. The number of ether oxygens (including phenoxy) is 1. The number of aliphatic hydroxyl groups is 1. The Hall–Kier alpha value is -2.86. The van der Waals surface area contributed by atoms with E-state index in [1.807, 2.05) is 54.6 Å². The van der Waals surface area contributed by atoms with Crippen LogP contribution in [0.25, 0.3) is 11.0 Å². The number of H-pyrrole nitrogens is 1. The van der Waals surface area contributed by atoms with E-state index < -0.39 is 12.2 Å². The molecule has 0 saturated carbocycles. The Balaban J connectivity index is 1.78. The van der Waals surface area contributed by atoms with Crippen molar-refractivity contribution in [2.45, 2.75) is 19.6 Å². The van der Waals surface area contributed by atoms with Crippen molar-refractivity contribution in [1.29, 1.82) is 0 Å². The minimum absolute atomic E-state index is 0.0907. The maximum Gasteiger partial charge on any atom is 0.417 e. The first kappa shape index (κ1) is 16.0. The number of fused-ring (bicyclic) bond motifs is 1. The molecule has 0 fully saturated rings. The molecule has 0 aliphatic carbocycles. The Morgan fingerprint density at radius 1 is 1.21 bits per heavy atom. The molecular formula is C18H19N3O3. The third-order valence-electron chi connectivity index (χ3n) is 3.50. The van der Waals surface area contributed by atoms with Crippen LogP contribution in [0.4, 0.5) is 10.7 Å². The lowest BCUT2D eigenvalue weighted by molar-refractivity contribution is 0.139. The zero-order chi connectivity index (χ0) is 16.9. The van der Waals surface area contributed by atoms with Crippen molar-refractivity contribution in [2.75, 3.05) is 11.4 Å². The highest BCUT2D eigenvalue weighted by atomic mass is 16.6. The molecule has 0 aliphatic heterocycles. The predicted molar refractivity (Wildman–Crippen MR) is 91.7 cm³/mol. The monoisotopic (exact) mass is 325 g/mol. The molecule has 0 aliphatic rings. The molecule has 0 bridgehead atoms. The summed E-state index contributed by atoms with van der Waals surface area (Å²) in [6.45, 7) is 1.86. The topological polar surface area (TPSA) is 78.4 Å². The lowest BCUT2D eigenvalue weighted by atomic mass is 10.2. The Morgan fingerprint density at radius 2 is 1.92 bits per heavy atom. The van der Waals surface area contributed by atoms with E-state index in [-0.39, 0.29) is 13.2 Å². The molecule has 1 amide bonds. The first-order valence-corrected chi connectivity index (χ1v) is 7.74. The summed E-state index contributed by atoms with van der Waals surface area (Å²) < 4.78 is 5.36. The van der Waals surface area contributed by atoms with Crippen molar-refractivity contribution in [3.63, 3.8) is 0 Å². The Bertz CT molecular complexity index is 782. The number of carbonyl (C=O) groups is 1. The van der Waals surface area contributed by atoms with Crippen LogP contribution in [-0.4, -0.2) is 33.8 Å². The number of carbonyl (C=O) groups excluding carboxylic acids is 1. The molecule has 3 rings (SSSR count). The van der Waals surface area contributed by atoms with Crippen molar-refractivity contribution in [2.24, 2.45) is 0 Å². The van der Waals surface area contributed by atoms with Crippen LogP contribution in [0.1, 0.15) is 12.5 Å². The van der Waals surface area contributed by atoms with Crippen LogP contribution in [-0.2, 0) is 11.3 Å². The molecule has 2 N–H and O–H groups in total. The maximum atomic E-state index is 12.5. The summed E-state index contributed by atoms with van der Waals surface area (Å²) in [5, 5.41) is 9.70. The average Bonchev–Trinajstić information content (AvgIpc) is 3.02. The first-order valence-electron chi connectivity index (χ1n) is 7.74. The molecule has 0 spiro atoms. The van der Waals surface area contributed by atoms with Gasteiger partial charge in [0.2, 0.25) is 5.95 Å². The van der Waals surface area contributed by atoms with Crippen LogP contribution in [0.3, 0.4) is 0 Å². The molecule has 1 heterocycles. The van der Waals surface area contributed by atoms with Gasteiger partial charge in [0.1, 0.15) is 6.61 Å². The molecule has 124 valence electrons. The highest BCUT2D eigenvalue weighted by Crippen LogP contribution is 2.18. The molecule has 0 saturated heterocycles. The summed E-state index contributed by atoms with van der Waals surface area (Å²) in [5.74, 6) is 0.357. The van der Waals surface area contributed by atoms with Crippen molar-refractivity contribution in [3.8, 4) is 0 Å². The number of aromatic amines is 1. The maximum absolute atomic E-state index is 12.5. The van der Waals surface area contributed by atoms with Crippen LogP contribution in [0.2, 0.25) is 0 Å². The van der Waals surface area contributed by atoms with Gasteiger partial charge in [-0.1, -0.05) is 42.5 Å². The zero-order valence-corrected chi connectivity index (χ0v) is 13.3. The Morgan fingerprint density at radius 3 is 2.62 bits per heavy atom. The first-order chi connectivity index (χ1) is 11.6. The van der Waals surface area contributed by atoms with Crippen LogP contribution >= 0.6 is 0 Å². The molecule has 2 aromatic carbocycles. The van der Waals surface area contributed by atoms with E-state index in [1.54, 1.807) is 6.92 Å². The highest BCUT2D eigenvalue weighted by molar-refractivity contribution is 5.88. The minimum atomic E-state index is -0.706. The number of anilines is 1. The van der Waals surface area contributed by atoms with Gasteiger partial charge in [-0.05, 0) is 24.6 Å². The molecule has 6 nitrogen and oxygen atoms in total. The number of nitrogens with zero attached hydrogens (tertiary/aromatic N) is 2. The van der Waals surface area contributed by atoms with E-state index in [4.69, 9.17) is 4.74 Å². The van der Waals surface area contributed by atoms with Gasteiger partial charge in [-0.2, -0.15) is 0 Å². The van der Waals surface area contributed by atoms with E-state index in [0.717, 1.165) is 16.6 Å². The number of hydrogen-bond donors (Lipinski definition) is 2. The number of aromatic nitrogens is 2. The van der Waals surface area contributed by atoms with E-state index >= 15 is 0 Å². The summed E-state index contributed by atoms with van der Waals surface area (Å²) in [6, 6.07) is 16.9. The number of amides is 1. The number of para-hydroxylation sites is 2. The van der Waals surface area contributed by atoms with Crippen molar-refractivity contribution in [1.82, 2.24) is 9.97 Å². The summed E-state index contributed by atoms with van der Waals surface area (Å²) >= 11 is 0. The standard InChI is InChI=1S/C18H19N3O3/c1-13(22)11-21(17-19-15-9-5-6-10-16(15)20-17)18(23)24-12-14-7-3-2-4-8-14/h2-10,13,22H,11-12H2,1H3,(H,19,20). The van der Waals surface area contributed by atoms with E-state index in [2.05, 4.69) is 9.97 Å². The van der Waals surface area contributed by atoms with Crippen LogP contribution in [0, 0.1) is 0 Å². The second kappa shape index (κ2) is 7.14. The summed E-state index contributed by atoms with van der Waals surface area (Å²) in [6.07, 6.45) is -1.26. The zero-order valence-electron chi connectivity index (χ0n) is 13.3. The number of nitrogens with one attached hydrogen (secondary N) is 1. The number of hydrogen-bond acceptors (Lipinski definition) is 4. The summed E-state index contributed by atoms with van der Waals surface area (Å²) in [7, 11) is 0. The Kier molecular flexibility index (Phi) is 4.77. The average molecular weight is 325 g/mol. The van der Waals surface area contributed by atoms with E-state index in [1.165, 1.54) is 4.90 Å². The molecule has 3 aromatic rings. The molecule has 0 radical (unpaired) electrons. The van der Waals surface area contributed by atoms with Crippen molar-refractivity contribution >= 4 is 23.1 Å². The fraction of sp³-hybridized carbons (Fsp3) is 0.222. The van der Waals surface area contributed by atoms with Gasteiger partial charge in [0.05, 0.1) is 23.7 Å². The minimum Gasteiger partial charge on any atom is -0.444 e. The number of benzene rings is 2. The van der Waals surface area contributed by atoms with Gasteiger partial charge >= 0.3 is 6.09 Å². The third kappa shape index (κ3) is 3.72. The number of imidazole rings is 1.